The fraction of sp³-hybridized carbons (Fsp3) is 0.519. The molecular formula is C27H37N3O4. The lowest BCUT2D eigenvalue weighted by molar-refractivity contribution is -0.0541. The summed E-state index contributed by atoms with van der Waals surface area (Å²) in [7, 11) is 1.81. The van der Waals surface area contributed by atoms with E-state index in [2.05, 4.69) is 41.4 Å². The predicted molar refractivity (Wildman–Crippen MR) is 132 cm³/mol. The molecule has 184 valence electrons. The van der Waals surface area contributed by atoms with Crippen LogP contribution in [0.1, 0.15) is 30.4 Å². The van der Waals surface area contributed by atoms with Crippen molar-refractivity contribution in [2.75, 3.05) is 53.0 Å². The quantitative estimate of drug-likeness (QED) is 0.575. The number of amides is 2. The first-order valence-corrected chi connectivity index (χ1v) is 12.3. The van der Waals surface area contributed by atoms with Gasteiger partial charge in [0.1, 0.15) is 30.3 Å². The van der Waals surface area contributed by atoms with Gasteiger partial charge in [0.25, 0.3) is 0 Å². The van der Waals surface area contributed by atoms with Gasteiger partial charge in [0, 0.05) is 33.3 Å². The van der Waals surface area contributed by atoms with E-state index < -0.39 is 0 Å². The molecule has 4 rings (SSSR count). The predicted octanol–water partition coefficient (Wildman–Crippen LogP) is 3.85. The molecule has 34 heavy (non-hydrogen) atoms. The van der Waals surface area contributed by atoms with Gasteiger partial charge in [0.2, 0.25) is 0 Å². The maximum Gasteiger partial charge on any atom is 0.317 e. The van der Waals surface area contributed by atoms with Crippen molar-refractivity contribution in [1.29, 1.82) is 0 Å². The zero-order valence-electron chi connectivity index (χ0n) is 20.4. The largest absolute Gasteiger partial charge is 0.492 e. The number of urea groups is 1. The van der Waals surface area contributed by atoms with Gasteiger partial charge < -0.3 is 24.4 Å². The molecule has 2 saturated heterocycles. The Balaban J connectivity index is 1.23. The molecule has 0 spiro atoms. The highest BCUT2D eigenvalue weighted by Crippen LogP contribution is 2.28. The number of carbonyl (C=O) groups is 1. The number of carbonyl (C=O) groups excluding carboxylic acids is 1. The molecule has 0 saturated carbocycles. The van der Waals surface area contributed by atoms with Crippen LogP contribution >= 0.6 is 0 Å². The Labute approximate surface area is 203 Å². The number of hydrogen-bond acceptors (Lipinski definition) is 5. The number of aryl methyl sites for hydroxylation is 1. The number of rotatable bonds is 10. The van der Waals surface area contributed by atoms with Crippen molar-refractivity contribution in [1.82, 2.24) is 15.1 Å². The molecule has 2 heterocycles. The molecule has 7 heteroatoms. The molecule has 2 fully saturated rings. The van der Waals surface area contributed by atoms with Crippen LogP contribution in [0, 0.1) is 6.92 Å². The van der Waals surface area contributed by atoms with E-state index in [1.807, 2.05) is 31.4 Å². The Morgan fingerprint density at radius 2 is 1.68 bits per heavy atom. The molecule has 0 aromatic heterocycles. The first-order valence-electron chi connectivity index (χ1n) is 12.3. The third kappa shape index (κ3) is 6.64. The number of nitrogens with one attached hydrogen (secondary N) is 1. The molecular weight excluding hydrogens is 430 g/mol. The molecule has 2 aliphatic rings. The summed E-state index contributed by atoms with van der Waals surface area (Å²) >= 11 is 0. The van der Waals surface area contributed by atoms with E-state index in [-0.39, 0.29) is 11.6 Å². The first kappa shape index (κ1) is 24.4. The number of methoxy groups -OCH3 is 1. The summed E-state index contributed by atoms with van der Waals surface area (Å²) in [6.07, 6.45) is 3.02. The Kier molecular flexibility index (Phi) is 8.29. The van der Waals surface area contributed by atoms with E-state index in [0.29, 0.717) is 19.8 Å². The molecule has 0 radical (unpaired) electrons. The summed E-state index contributed by atoms with van der Waals surface area (Å²) in [5, 5.41) is 2.81. The molecule has 7 nitrogen and oxygen atoms in total. The van der Waals surface area contributed by atoms with Gasteiger partial charge in [0.05, 0.1) is 6.54 Å². The molecule has 0 bridgehead atoms. The highest BCUT2D eigenvalue weighted by atomic mass is 16.5. The lowest BCUT2D eigenvalue weighted by atomic mass is 9.95. The molecule has 2 amide bonds. The molecule has 1 atom stereocenters. The van der Waals surface area contributed by atoms with Gasteiger partial charge >= 0.3 is 6.03 Å². The number of hydrogen-bond donors (Lipinski definition) is 1. The average molecular weight is 468 g/mol. The first-order chi connectivity index (χ1) is 16.5. The van der Waals surface area contributed by atoms with Crippen LogP contribution in [0.2, 0.25) is 0 Å². The third-order valence-corrected chi connectivity index (χ3v) is 6.85. The molecule has 0 unspecified atom stereocenters. The zero-order chi connectivity index (χ0) is 23.8. The fourth-order valence-corrected chi connectivity index (χ4v) is 4.59. The van der Waals surface area contributed by atoms with E-state index in [0.717, 1.165) is 63.5 Å². The minimum absolute atomic E-state index is 0.00407. The van der Waals surface area contributed by atoms with Crippen LogP contribution in [0.4, 0.5) is 4.79 Å². The van der Waals surface area contributed by atoms with Gasteiger partial charge in [-0.25, -0.2) is 4.79 Å². The second-order valence-corrected chi connectivity index (χ2v) is 9.33. The molecule has 1 N–H and O–H groups in total. The van der Waals surface area contributed by atoms with Crippen LogP contribution in [0.15, 0.2) is 48.5 Å². The van der Waals surface area contributed by atoms with Crippen LogP contribution in [0.25, 0.3) is 0 Å². The van der Waals surface area contributed by atoms with Gasteiger partial charge in [-0.2, -0.15) is 0 Å². The van der Waals surface area contributed by atoms with E-state index in [9.17, 15) is 4.79 Å². The van der Waals surface area contributed by atoms with E-state index in [1.165, 1.54) is 11.1 Å². The minimum atomic E-state index is -0.246. The number of ether oxygens (including phenoxy) is 3. The summed E-state index contributed by atoms with van der Waals surface area (Å²) in [4.78, 5) is 15.9. The summed E-state index contributed by atoms with van der Waals surface area (Å²) in [5.74, 6) is 1.74. The smallest absolute Gasteiger partial charge is 0.317 e. The Hall–Kier alpha value is -2.77. The summed E-state index contributed by atoms with van der Waals surface area (Å²) in [6.45, 7) is 8.16. The number of likely N-dealkylation sites (tertiary alicyclic amines) is 1. The van der Waals surface area contributed by atoms with Crippen molar-refractivity contribution in [2.24, 2.45) is 0 Å². The van der Waals surface area contributed by atoms with Gasteiger partial charge in [-0.05, 0) is 62.6 Å². The van der Waals surface area contributed by atoms with Gasteiger partial charge in [-0.1, -0.05) is 29.8 Å². The molecule has 2 aliphatic heterocycles. The lowest BCUT2D eigenvalue weighted by Gasteiger charge is -2.31. The topological polar surface area (TPSA) is 63.3 Å². The van der Waals surface area contributed by atoms with E-state index in [1.54, 1.807) is 4.90 Å². The average Bonchev–Trinajstić information content (AvgIpc) is 3.15. The Morgan fingerprint density at radius 3 is 2.38 bits per heavy atom. The number of nitrogens with zero attached hydrogens (tertiary/aromatic N) is 2. The second kappa shape index (κ2) is 11.6. The third-order valence-electron chi connectivity index (χ3n) is 6.85. The highest BCUT2D eigenvalue weighted by molar-refractivity contribution is 5.76. The minimum Gasteiger partial charge on any atom is -0.492 e. The second-order valence-electron chi connectivity index (χ2n) is 9.33. The summed E-state index contributed by atoms with van der Waals surface area (Å²) < 4.78 is 17.9. The van der Waals surface area contributed by atoms with Crippen molar-refractivity contribution in [3.8, 4) is 11.5 Å². The van der Waals surface area contributed by atoms with Crippen LogP contribution in [-0.4, -0.2) is 74.5 Å². The van der Waals surface area contributed by atoms with Crippen molar-refractivity contribution in [3.05, 3.63) is 59.7 Å². The standard InChI is InChI=1S/C27H37N3O4/c1-22-4-8-25(9-5-22)34-21-27(32-2)12-3-15-29(16-13-27)20-23-6-10-24(11-7-23)33-19-18-30-17-14-28-26(30)31/h4-11H,3,12-21H2,1-2H3,(H,28,31)/t27-/m0/s1. The molecule has 2 aromatic carbocycles. The monoisotopic (exact) mass is 467 g/mol. The molecule has 0 aliphatic carbocycles. The van der Waals surface area contributed by atoms with Crippen LogP contribution in [-0.2, 0) is 11.3 Å². The maximum absolute atomic E-state index is 11.6. The van der Waals surface area contributed by atoms with Crippen molar-refractivity contribution in [2.45, 2.75) is 38.3 Å². The van der Waals surface area contributed by atoms with Gasteiger partial charge in [0.15, 0.2) is 0 Å². The van der Waals surface area contributed by atoms with Crippen LogP contribution < -0.4 is 14.8 Å². The van der Waals surface area contributed by atoms with Gasteiger partial charge in [-0.3, -0.25) is 4.90 Å². The van der Waals surface area contributed by atoms with Crippen LogP contribution in [0.5, 0.6) is 11.5 Å². The lowest BCUT2D eigenvalue weighted by Crippen LogP contribution is -2.39. The number of benzene rings is 2. The Morgan fingerprint density at radius 1 is 0.941 bits per heavy atom. The van der Waals surface area contributed by atoms with E-state index in [4.69, 9.17) is 14.2 Å². The van der Waals surface area contributed by atoms with Crippen molar-refractivity contribution in [3.63, 3.8) is 0 Å². The van der Waals surface area contributed by atoms with Crippen molar-refractivity contribution < 1.29 is 19.0 Å². The van der Waals surface area contributed by atoms with Crippen LogP contribution in [0.3, 0.4) is 0 Å². The molecule has 2 aromatic rings. The van der Waals surface area contributed by atoms with Crippen molar-refractivity contribution >= 4 is 6.03 Å². The summed E-state index contributed by atoms with van der Waals surface area (Å²) in [6, 6.07) is 16.5. The fourth-order valence-electron chi connectivity index (χ4n) is 4.59. The normalized spacial score (nSPS) is 21.2. The SMILES string of the molecule is CO[C@@]1(COc2ccc(C)cc2)CCCN(Cc2ccc(OCCN3CCNC3=O)cc2)CC1. The van der Waals surface area contributed by atoms with E-state index >= 15 is 0 Å². The highest BCUT2D eigenvalue weighted by Gasteiger charge is 2.33. The van der Waals surface area contributed by atoms with Gasteiger partial charge in [-0.15, -0.1) is 0 Å². The Bertz CT molecular complexity index is 918. The maximum atomic E-state index is 11.6. The summed E-state index contributed by atoms with van der Waals surface area (Å²) in [5.41, 5.74) is 2.26. The zero-order valence-corrected chi connectivity index (χ0v) is 20.4.